The molecule has 0 aliphatic carbocycles. The fraction of sp³-hybridized carbons (Fsp3) is 0.818. The molecule has 0 heterocycles. The van der Waals surface area contributed by atoms with Gasteiger partial charge in [0.15, 0.2) is 0 Å². The third-order valence-corrected chi connectivity index (χ3v) is 2.35. The third kappa shape index (κ3) is 7.86. The average molecular weight is 261 g/mol. The number of rotatable bonds is 10. The van der Waals surface area contributed by atoms with Crippen molar-refractivity contribution in [3.05, 3.63) is 0 Å². The van der Waals surface area contributed by atoms with Crippen molar-refractivity contribution >= 4 is 11.7 Å². The molecule has 7 nitrogen and oxygen atoms in total. The molecule has 18 heavy (non-hydrogen) atoms. The van der Waals surface area contributed by atoms with Crippen molar-refractivity contribution in [2.24, 2.45) is 10.9 Å². The van der Waals surface area contributed by atoms with Crippen LogP contribution in [0.2, 0.25) is 0 Å². The predicted molar refractivity (Wildman–Crippen MR) is 67.6 cm³/mol. The molecule has 0 saturated carbocycles. The summed E-state index contributed by atoms with van der Waals surface area (Å²) in [5, 5.41) is 11.3. The molecule has 0 rings (SSSR count). The Morgan fingerprint density at radius 3 is 2.61 bits per heavy atom. The molecule has 1 amide bonds. The minimum atomic E-state index is -0.0220. The molecular formula is C11H23N3O4. The van der Waals surface area contributed by atoms with E-state index in [2.05, 4.69) is 5.16 Å². The van der Waals surface area contributed by atoms with E-state index in [1.54, 1.807) is 12.0 Å². The summed E-state index contributed by atoms with van der Waals surface area (Å²) in [5.74, 6) is 0.0845. The van der Waals surface area contributed by atoms with Crippen LogP contribution < -0.4 is 5.73 Å². The summed E-state index contributed by atoms with van der Waals surface area (Å²) in [4.78, 5) is 13.5. The molecule has 0 aromatic heterocycles. The quantitative estimate of drug-likeness (QED) is 0.190. The maximum Gasteiger partial charge on any atom is 0.224 e. The zero-order chi connectivity index (χ0) is 13.8. The fourth-order valence-electron chi connectivity index (χ4n) is 1.32. The first-order valence-electron chi connectivity index (χ1n) is 5.96. The van der Waals surface area contributed by atoms with Gasteiger partial charge in [-0.2, -0.15) is 0 Å². The molecule has 0 aliphatic heterocycles. The van der Waals surface area contributed by atoms with Crippen molar-refractivity contribution in [1.82, 2.24) is 4.90 Å². The molecule has 0 spiro atoms. The van der Waals surface area contributed by atoms with Gasteiger partial charge in [-0.3, -0.25) is 4.79 Å². The lowest BCUT2D eigenvalue weighted by molar-refractivity contribution is -0.132. The highest BCUT2D eigenvalue weighted by atomic mass is 16.5. The lowest BCUT2D eigenvalue weighted by Gasteiger charge is -2.22. The number of amides is 1. The molecule has 0 aromatic rings. The monoisotopic (exact) mass is 261 g/mol. The van der Waals surface area contributed by atoms with Crippen LogP contribution in [0.4, 0.5) is 0 Å². The Morgan fingerprint density at radius 1 is 1.33 bits per heavy atom. The summed E-state index contributed by atoms with van der Waals surface area (Å²) in [7, 11) is 1.58. The van der Waals surface area contributed by atoms with Crippen LogP contribution in [0.5, 0.6) is 0 Å². The summed E-state index contributed by atoms with van der Waals surface area (Å²) < 4.78 is 10.1. The Balaban J connectivity index is 4.14. The van der Waals surface area contributed by atoms with E-state index >= 15 is 0 Å². The van der Waals surface area contributed by atoms with Crippen LogP contribution >= 0.6 is 0 Å². The van der Waals surface area contributed by atoms with Crippen molar-refractivity contribution in [1.29, 1.82) is 0 Å². The highest BCUT2D eigenvalue weighted by molar-refractivity contribution is 5.81. The van der Waals surface area contributed by atoms with Crippen LogP contribution in [0.15, 0.2) is 5.16 Å². The van der Waals surface area contributed by atoms with Crippen LogP contribution in [0.3, 0.4) is 0 Å². The van der Waals surface area contributed by atoms with Gasteiger partial charge >= 0.3 is 0 Å². The van der Waals surface area contributed by atoms with E-state index in [4.69, 9.17) is 20.4 Å². The molecule has 0 saturated heterocycles. The van der Waals surface area contributed by atoms with Gasteiger partial charge in [-0.25, -0.2) is 0 Å². The minimum absolute atomic E-state index is 0.0220. The van der Waals surface area contributed by atoms with Gasteiger partial charge in [-0.1, -0.05) is 5.16 Å². The second kappa shape index (κ2) is 10.8. The van der Waals surface area contributed by atoms with E-state index in [9.17, 15) is 4.79 Å². The average Bonchev–Trinajstić information content (AvgIpc) is 2.38. The van der Waals surface area contributed by atoms with Crippen LogP contribution in [0.1, 0.15) is 19.8 Å². The van der Waals surface area contributed by atoms with Gasteiger partial charge < -0.3 is 25.3 Å². The van der Waals surface area contributed by atoms with Crippen molar-refractivity contribution in [3.63, 3.8) is 0 Å². The fourth-order valence-corrected chi connectivity index (χ4v) is 1.32. The Morgan fingerprint density at radius 2 is 2.06 bits per heavy atom. The molecule has 0 radical (unpaired) electrons. The van der Waals surface area contributed by atoms with Crippen LogP contribution in [0, 0.1) is 0 Å². The zero-order valence-corrected chi connectivity index (χ0v) is 11.1. The normalized spacial score (nSPS) is 11.6. The number of nitrogens with zero attached hydrogens (tertiary/aromatic N) is 2. The van der Waals surface area contributed by atoms with Crippen LogP contribution in [0.25, 0.3) is 0 Å². The Hall–Kier alpha value is -1.34. The summed E-state index contributed by atoms with van der Waals surface area (Å²) in [5.41, 5.74) is 5.38. The van der Waals surface area contributed by atoms with Crippen molar-refractivity contribution in [2.45, 2.75) is 19.8 Å². The van der Waals surface area contributed by atoms with Gasteiger partial charge in [0, 0.05) is 33.2 Å². The van der Waals surface area contributed by atoms with Crippen molar-refractivity contribution in [2.75, 3.05) is 40.0 Å². The Kier molecular flexibility index (Phi) is 9.99. The van der Waals surface area contributed by atoms with Gasteiger partial charge in [0.1, 0.15) is 5.84 Å². The maximum absolute atomic E-state index is 11.9. The van der Waals surface area contributed by atoms with Crippen LogP contribution in [-0.4, -0.2) is 61.9 Å². The van der Waals surface area contributed by atoms with Gasteiger partial charge in [0.2, 0.25) is 5.91 Å². The number of hydrogen-bond donors (Lipinski definition) is 2. The second-order valence-corrected chi connectivity index (χ2v) is 3.66. The topological polar surface area (TPSA) is 97.4 Å². The van der Waals surface area contributed by atoms with E-state index in [0.717, 1.165) is 0 Å². The lowest BCUT2D eigenvalue weighted by Crippen LogP contribution is -2.37. The first-order valence-corrected chi connectivity index (χ1v) is 5.96. The SMILES string of the molecule is CCOCCC(=O)N(CCOC)CCC(N)=NO. The predicted octanol–water partition coefficient (Wildman–Crippen LogP) is 0.0245. The molecule has 0 unspecified atom stereocenters. The van der Waals surface area contributed by atoms with E-state index in [0.29, 0.717) is 45.8 Å². The number of methoxy groups -OCH3 is 1. The number of oxime groups is 1. The molecule has 0 bridgehead atoms. The minimum Gasteiger partial charge on any atom is -0.409 e. The molecule has 0 aliphatic rings. The zero-order valence-electron chi connectivity index (χ0n) is 11.1. The molecular weight excluding hydrogens is 238 g/mol. The molecule has 3 N–H and O–H groups in total. The van der Waals surface area contributed by atoms with Gasteiger partial charge in [-0.15, -0.1) is 0 Å². The van der Waals surface area contributed by atoms with E-state index < -0.39 is 0 Å². The first-order chi connectivity index (χ1) is 8.65. The summed E-state index contributed by atoms with van der Waals surface area (Å²) >= 11 is 0. The summed E-state index contributed by atoms with van der Waals surface area (Å²) in [6.07, 6.45) is 0.661. The lowest BCUT2D eigenvalue weighted by atomic mass is 10.3. The number of carbonyl (C=O) groups excluding carboxylic acids is 1. The van der Waals surface area contributed by atoms with E-state index in [1.165, 1.54) is 0 Å². The number of hydrogen-bond acceptors (Lipinski definition) is 5. The van der Waals surface area contributed by atoms with E-state index in [-0.39, 0.29) is 11.7 Å². The summed E-state index contributed by atoms with van der Waals surface area (Å²) in [6, 6.07) is 0. The number of nitrogens with two attached hydrogens (primary N) is 1. The number of amidine groups is 1. The smallest absolute Gasteiger partial charge is 0.224 e. The van der Waals surface area contributed by atoms with Gasteiger partial charge in [-0.05, 0) is 6.92 Å². The van der Waals surface area contributed by atoms with Gasteiger partial charge in [0.25, 0.3) is 0 Å². The Labute approximate surface area is 108 Å². The highest BCUT2D eigenvalue weighted by Gasteiger charge is 2.13. The highest BCUT2D eigenvalue weighted by Crippen LogP contribution is 1.98. The van der Waals surface area contributed by atoms with Gasteiger partial charge in [0.05, 0.1) is 19.6 Å². The maximum atomic E-state index is 11.9. The molecule has 0 aromatic carbocycles. The Bertz CT molecular complexity index is 259. The standard InChI is InChI=1S/C11H23N3O4/c1-3-18-8-5-11(15)14(7-9-17-2)6-4-10(12)13-16/h16H,3-9H2,1-2H3,(H2,12,13). The second-order valence-electron chi connectivity index (χ2n) is 3.66. The van der Waals surface area contributed by atoms with Crippen molar-refractivity contribution < 1.29 is 19.5 Å². The third-order valence-electron chi connectivity index (χ3n) is 2.35. The largest absolute Gasteiger partial charge is 0.409 e. The molecule has 0 atom stereocenters. The number of carbonyl (C=O) groups is 1. The molecule has 0 fully saturated rings. The van der Waals surface area contributed by atoms with Crippen molar-refractivity contribution in [3.8, 4) is 0 Å². The summed E-state index contributed by atoms with van der Waals surface area (Å²) in [6.45, 7) is 4.23. The van der Waals surface area contributed by atoms with Crippen LogP contribution in [-0.2, 0) is 14.3 Å². The first kappa shape index (κ1) is 16.7. The molecule has 106 valence electrons. The number of ether oxygens (including phenoxy) is 2. The van der Waals surface area contributed by atoms with E-state index in [1.807, 2.05) is 6.92 Å². The molecule has 7 heteroatoms.